The fraction of sp³-hybridized carbons (Fsp3) is 0.194. The number of urea groups is 1. The van der Waals surface area contributed by atoms with Gasteiger partial charge in [-0.15, -0.1) is 18.3 Å². The Morgan fingerprint density at radius 1 is 1.11 bits per heavy atom. The molecule has 4 aromatic rings. The van der Waals surface area contributed by atoms with Crippen LogP contribution in [-0.4, -0.2) is 43.8 Å². The Labute approximate surface area is 259 Å². The molecule has 1 fully saturated rings. The summed E-state index contributed by atoms with van der Waals surface area (Å²) >= 11 is 1.43. The van der Waals surface area contributed by atoms with E-state index in [0.29, 0.717) is 40.1 Å². The van der Waals surface area contributed by atoms with Crippen molar-refractivity contribution in [3.8, 4) is 22.8 Å². The number of benzene rings is 3. The number of alkyl halides is 3. The summed E-state index contributed by atoms with van der Waals surface area (Å²) in [6.07, 6.45) is -0.722. The minimum Gasteiger partial charge on any atom is -0.406 e. The van der Waals surface area contributed by atoms with Crippen molar-refractivity contribution in [2.75, 3.05) is 10.7 Å². The van der Waals surface area contributed by atoms with Crippen LogP contribution in [0.3, 0.4) is 0 Å². The summed E-state index contributed by atoms with van der Waals surface area (Å²) in [6.45, 7) is 3.92. The third kappa shape index (κ3) is 6.60. The highest BCUT2D eigenvalue weighted by molar-refractivity contribution is 8.14. The van der Waals surface area contributed by atoms with Crippen molar-refractivity contribution in [2.45, 2.75) is 32.5 Å². The summed E-state index contributed by atoms with van der Waals surface area (Å²) in [4.78, 5) is 23.2. The zero-order valence-electron chi connectivity index (χ0n) is 23.9. The maximum atomic E-state index is 13.9. The summed E-state index contributed by atoms with van der Waals surface area (Å²) in [5.74, 6) is 0.471. The van der Waals surface area contributed by atoms with Crippen LogP contribution < -0.4 is 15.1 Å². The number of allylic oxidation sites excluding steroid dienone is 1. The van der Waals surface area contributed by atoms with Gasteiger partial charge in [0.15, 0.2) is 11.0 Å². The summed E-state index contributed by atoms with van der Waals surface area (Å²) in [5, 5.41) is 9.22. The number of fused-ring (bicyclic) bond motifs is 3. The molecule has 1 aromatic heterocycles. The van der Waals surface area contributed by atoms with Gasteiger partial charge in [0.25, 0.3) is 0 Å². The molecule has 1 saturated heterocycles. The number of hydrogen-bond acceptors (Lipinski definition) is 6. The van der Waals surface area contributed by atoms with Gasteiger partial charge in [-0.25, -0.2) is 24.3 Å². The van der Waals surface area contributed by atoms with Crippen LogP contribution in [0.25, 0.3) is 17.1 Å². The number of carbonyl (C=O) groups excluding carboxylic acids is 1. The van der Waals surface area contributed by atoms with Gasteiger partial charge < -0.3 is 4.74 Å². The van der Waals surface area contributed by atoms with Crippen LogP contribution in [0.5, 0.6) is 5.75 Å². The molecule has 1 unspecified atom stereocenters. The molecule has 6 rings (SSSR count). The van der Waals surface area contributed by atoms with Crippen LogP contribution in [-0.2, 0) is 0 Å². The number of ether oxygens (including phenoxy) is 1. The fourth-order valence-electron chi connectivity index (χ4n) is 5.03. The van der Waals surface area contributed by atoms with E-state index >= 15 is 0 Å². The minimum atomic E-state index is -4.77. The quantitative estimate of drug-likeness (QED) is 0.135. The molecular formula is C31H25F4N7O2S. The van der Waals surface area contributed by atoms with Crippen molar-refractivity contribution >= 4 is 34.4 Å². The van der Waals surface area contributed by atoms with E-state index in [2.05, 4.69) is 36.4 Å². The predicted octanol–water partition coefficient (Wildman–Crippen LogP) is 7.41. The maximum absolute atomic E-state index is 13.9. The summed E-state index contributed by atoms with van der Waals surface area (Å²) in [6, 6.07) is 16.6. The lowest BCUT2D eigenvalue weighted by atomic mass is 9.94. The lowest BCUT2D eigenvalue weighted by Crippen LogP contribution is -2.29. The number of amidine groups is 1. The van der Waals surface area contributed by atoms with Gasteiger partial charge in [-0.3, -0.25) is 4.90 Å². The number of aromatic nitrogens is 3. The molecule has 0 spiro atoms. The number of rotatable bonds is 6. The first-order chi connectivity index (χ1) is 21.6. The van der Waals surface area contributed by atoms with Crippen LogP contribution in [0, 0.1) is 5.82 Å². The van der Waals surface area contributed by atoms with Gasteiger partial charge in [0.2, 0.25) is 0 Å². The van der Waals surface area contributed by atoms with Crippen molar-refractivity contribution in [1.82, 2.24) is 20.2 Å². The average molecular weight is 636 g/mol. The number of anilines is 1. The highest BCUT2D eigenvalue weighted by Gasteiger charge is 2.33. The average Bonchev–Trinajstić information content (AvgIpc) is 3.65. The van der Waals surface area contributed by atoms with Crippen LogP contribution >= 0.6 is 11.8 Å². The Kier molecular flexibility index (Phi) is 8.14. The molecule has 2 aliphatic rings. The first-order valence-corrected chi connectivity index (χ1v) is 14.8. The van der Waals surface area contributed by atoms with E-state index in [9.17, 15) is 22.4 Å². The molecule has 0 bridgehead atoms. The van der Waals surface area contributed by atoms with Crippen LogP contribution in [0.2, 0.25) is 0 Å². The molecule has 14 heteroatoms. The molecule has 1 atom stereocenters. The number of hydrogen-bond donors (Lipinski definition) is 1. The van der Waals surface area contributed by atoms with Crippen molar-refractivity contribution in [3.05, 3.63) is 102 Å². The van der Waals surface area contributed by atoms with E-state index in [1.165, 1.54) is 59.2 Å². The molecule has 0 aliphatic carbocycles. The van der Waals surface area contributed by atoms with Crippen molar-refractivity contribution < 1.29 is 27.1 Å². The van der Waals surface area contributed by atoms with Crippen LogP contribution in [0.15, 0.2) is 94.9 Å². The lowest BCUT2D eigenvalue weighted by Gasteiger charge is -2.29. The number of thioether (sulfide) groups is 1. The summed E-state index contributed by atoms with van der Waals surface area (Å²) < 4.78 is 56.5. The van der Waals surface area contributed by atoms with E-state index in [4.69, 9.17) is 0 Å². The lowest BCUT2D eigenvalue weighted by molar-refractivity contribution is -0.274. The second kappa shape index (κ2) is 12.2. The molecule has 9 nitrogen and oxygen atoms in total. The van der Waals surface area contributed by atoms with Crippen molar-refractivity contribution in [2.24, 2.45) is 10.1 Å². The number of nitrogens with zero attached hydrogens (tertiary/aromatic N) is 6. The fourth-order valence-corrected chi connectivity index (χ4v) is 6.03. The van der Waals surface area contributed by atoms with Gasteiger partial charge in [-0.1, -0.05) is 56.0 Å². The Bertz CT molecular complexity index is 1830. The van der Waals surface area contributed by atoms with Crippen LogP contribution in [0.4, 0.5) is 28.0 Å². The molecule has 0 radical (unpaired) electrons. The molecule has 3 heterocycles. The standard InChI is InChI=1S/C31H25F4N7O2S/c1-3-26(38-39-29(43)37-30-42-23(16-45-30)14-18(2)25-15-21(32)8-13-27(25)42)19-4-6-20(7-5-19)28-36-17-41(40-28)22-9-11-24(12-10-22)44-31(33,34)35/h4-15,17-18H,3,16H2,1-2H3,(H,39,43)/b37-30?,38-26+. The van der Waals surface area contributed by atoms with Gasteiger partial charge in [0.05, 0.1) is 17.1 Å². The topological polar surface area (TPSA) is 97.0 Å². The van der Waals surface area contributed by atoms with E-state index < -0.39 is 12.4 Å². The molecule has 45 heavy (non-hydrogen) atoms. The number of amides is 2. The molecule has 1 N–H and O–H groups in total. The van der Waals surface area contributed by atoms with Gasteiger partial charge in [0, 0.05) is 22.9 Å². The van der Waals surface area contributed by atoms with Crippen molar-refractivity contribution in [1.29, 1.82) is 0 Å². The normalized spacial score (nSPS) is 17.2. The smallest absolute Gasteiger partial charge is 0.406 e. The first-order valence-electron chi connectivity index (χ1n) is 13.8. The molecule has 0 saturated carbocycles. The number of nitrogens with one attached hydrogen (secondary N) is 1. The van der Waals surface area contributed by atoms with Crippen molar-refractivity contribution in [3.63, 3.8) is 0 Å². The summed E-state index contributed by atoms with van der Waals surface area (Å²) in [5.41, 5.74) is 7.79. The van der Waals surface area contributed by atoms with E-state index in [0.717, 1.165) is 22.5 Å². The molecule has 2 aliphatic heterocycles. The molecular weight excluding hydrogens is 610 g/mol. The Morgan fingerprint density at radius 2 is 1.87 bits per heavy atom. The van der Waals surface area contributed by atoms with Gasteiger partial charge >= 0.3 is 12.4 Å². The van der Waals surface area contributed by atoms with E-state index in [-0.39, 0.29) is 17.5 Å². The summed E-state index contributed by atoms with van der Waals surface area (Å²) in [7, 11) is 0. The van der Waals surface area contributed by atoms with Gasteiger partial charge in [-0.2, -0.15) is 10.1 Å². The third-order valence-electron chi connectivity index (χ3n) is 7.11. The molecule has 2 amide bonds. The Morgan fingerprint density at radius 3 is 2.58 bits per heavy atom. The minimum absolute atomic E-state index is 0.0489. The van der Waals surface area contributed by atoms with E-state index in [1.807, 2.05) is 43.0 Å². The molecule has 230 valence electrons. The zero-order chi connectivity index (χ0) is 31.7. The highest BCUT2D eigenvalue weighted by Crippen LogP contribution is 2.43. The number of halogens is 4. The first kappa shape index (κ1) is 30.1. The third-order valence-corrected chi connectivity index (χ3v) is 8.08. The largest absolute Gasteiger partial charge is 0.573 e. The highest BCUT2D eigenvalue weighted by atomic mass is 32.2. The number of aliphatic imine (C=N–C) groups is 1. The Balaban J connectivity index is 1.13. The van der Waals surface area contributed by atoms with E-state index in [1.54, 1.807) is 6.07 Å². The second-order valence-corrected chi connectivity index (χ2v) is 11.1. The van der Waals surface area contributed by atoms with Gasteiger partial charge in [0.1, 0.15) is 17.9 Å². The number of hydrazone groups is 1. The van der Waals surface area contributed by atoms with Crippen LogP contribution in [0.1, 0.15) is 37.3 Å². The second-order valence-electron chi connectivity index (χ2n) is 10.1. The number of carbonyl (C=O) groups is 1. The zero-order valence-corrected chi connectivity index (χ0v) is 24.7. The Hall–Kier alpha value is -4.98. The monoisotopic (exact) mass is 635 g/mol. The predicted molar refractivity (Wildman–Crippen MR) is 164 cm³/mol. The SMILES string of the molecule is CC/C(=N\NC(=O)N=C1SCC2=CC(C)c3cc(F)ccc3N21)c1ccc(-c2ncn(-c3ccc(OC(F)(F)F)cc3)n2)cc1. The van der Waals surface area contributed by atoms with Gasteiger partial charge in [-0.05, 0) is 60.0 Å². The maximum Gasteiger partial charge on any atom is 0.573 e. The molecule has 3 aromatic carbocycles.